The number of sulfonamides is 1. The zero-order valence-corrected chi connectivity index (χ0v) is 15.9. The number of hydrogen-bond donors (Lipinski definition) is 1. The Morgan fingerprint density at radius 2 is 1.69 bits per heavy atom. The van der Waals surface area contributed by atoms with Crippen molar-refractivity contribution in [1.82, 2.24) is 0 Å². The van der Waals surface area contributed by atoms with Crippen LogP contribution in [0.4, 0.5) is 5.69 Å². The number of anilines is 1. The lowest BCUT2D eigenvalue weighted by Crippen LogP contribution is -2.14. The summed E-state index contributed by atoms with van der Waals surface area (Å²) >= 11 is 0. The van der Waals surface area contributed by atoms with Gasteiger partial charge in [0.25, 0.3) is 0 Å². The lowest BCUT2D eigenvalue weighted by molar-refractivity contribution is 0.104. The molecule has 0 amide bonds. The van der Waals surface area contributed by atoms with Crippen molar-refractivity contribution in [3.63, 3.8) is 0 Å². The Labute approximate surface area is 154 Å². The molecule has 0 aliphatic heterocycles. The molecule has 0 bridgehead atoms. The van der Waals surface area contributed by atoms with Gasteiger partial charge in [-0.1, -0.05) is 18.2 Å². The number of hydrogen-bond acceptors (Lipinski definition) is 4. The fourth-order valence-electron chi connectivity index (χ4n) is 2.15. The van der Waals surface area contributed by atoms with Crippen LogP contribution in [0.3, 0.4) is 0 Å². The second kappa shape index (κ2) is 8.67. The number of allylic oxidation sites excluding steroid dienone is 1. The molecule has 0 atom stereocenters. The third kappa shape index (κ3) is 6.04. The third-order valence-electron chi connectivity index (χ3n) is 3.50. The minimum atomic E-state index is -3.32. The van der Waals surface area contributed by atoms with E-state index in [9.17, 15) is 13.2 Å². The molecular formula is C20H23NO4S. The second-order valence-electron chi connectivity index (χ2n) is 6.02. The summed E-state index contributed by atoms with van der Waals surface area (Å²) in [6.45, 7) is 5.49. The number of ether oxygens (including phenoxy) is 1. The first-order chi connectivity index (χ1) is 12.3. The van der Waals surface area contributed by atoms with Gasteiger partial charge in [-0.25, -0.2) is 8.42 Å². The van der Waals surface area contributed by atoms with Crippen molar-refractivity contribution in [1.29, 1.82) is 0 Å². The van der Waals surface area contributed by atoms with E-state index >= 15 is 0 Å². The molecule has 2 aromatic carbocycles. The molecule has 0 aliphatic rings. The Hall–Kier alpha value is -2.60. The average molecular weight is 373 g/mol. The summed E-state index contributed by atoms with van der Waals surface area (Å²) in [6, 6.07) is 13.8. The predicted molar refractivity (Wildman–Crippen MR) is 105 cm³/mol. The lowest BCUT2D eigenvalue weighted by atomic mass is 10.1. The van der Waals surface area contributed by atoms with Crippen LogP contribution in [0, 0.1) is 0 Å². The lowest BCUT2D eigenvalue weighted by Gasteiger charge is -2.09. The molecule has 0 aliphatic carbocycles. The smallest absolute Gasteiger partial charge is 0.232 e. The first-order valence-corrected chi connectivity index (χ1v) is 10.0. The van der Waals surface area contributed by atoms with Crippen LogP contribution < -0.4 is 9.46 Å². The van der Waals surface area contributed by atoms with E-state index in [2.05, 4.69) is 4.72 Å². The highest BCUT2D eigenvalue weighted by molar-refractivity contribution is 7.92. The van der Waals surface area contributed by atoms with E-state index < -0.39 is 10.0 Å². The molecule has 0 saturated heterocycles. The number of benzene rings is 2. The summed E-state index contributed by atoms with van der Waals surface area (Å²) in [7, 11) is -3.32. The molecule has 26 heavy (non-hydrogen) atoms. The maximum Gasteiger partial charge on any atom is 0.232 e. The van der Waals surface area contributed by atoms with Crippen molar-refractivity contribution in [2.45, 2.75) is 26.9 Å². The van der Waals surface area contributed by atoms with Gasteiger partial charge in [0, 0.05) is 11.3 Å². The zero-order chi connectivity index (χ0) is 19.2. The van der Waals surface area contributed by atoms with E-state index in [4.69, 9.17) is 4.74 Å². The van der Waals surface area contributed by atoms with E-state index in [1.165, 1.54) is 6.08 Å². The van der Waals surface area contributed by atoms with Crippen molar-refractivity contribution < 1.29 is 17.9 Å². The monoisotopic (exact) mass is 373 g/mol. The summed E-state index contributed by atoms with van der Waals surface area (Å²) in [5, 5.41) is 0. The Morgan fingerprint density at radius 3 is 2.23 bits per heavy atom. The quantitative estimate of drug-likeness (QED) is 0.558. The van der Waals surface area contributed by atoms with Crippen LogP contribution in [-0.4, -0.2) is 26.1 Å². The zero-order valence-electron chi connectivity index (χ0n) is 15.1. The number of carbonyl (C=O) groups excluding carboxylic acids is 1. The Kier molecular flexibility index (Phi) is 6.58. The first-order valence-electron chi connectivity index (χ1n) is 8.39. The summed E-state index contributed by atoms with van der Waals surface area (Å²) < 4.78 is 31.1. The predicted octanol–water partition coefficient (Wildman–Crippen LogP) is 4.13. The van der Waals surface area contributed by atoms with Crippen LogP contribution in [0.15, 0.2) is 54.6 Å². The molecule has 0 fully saturated rings. The standard InChI is InChI=1S/C20H23NO4S/c1-4-26(23,24)21-18-10-8-17(9-11-18)20(22)14-7-16-5-12-19(13-6-16)25-15(2)3/h5-15,21H,4H2,1-3H3/b14-7+. The Bertz CT molecular complexity index is 867. The van der Waals surface area contributed by atoms with Crippen molar-refractivity contribution in [2.24, 2.45) is 0 Å². The first kappa shape index (κ1) is 19.7. The third-order valence-corrected chi connectivity index (χ3v) is 4.81. The van der Waals surface area contributed by atoms with Gasteiger partial charge in [0.05, 0.1) is 11.9 Å². The molecule has 1 N–H and O–H groups in total. The molecule has 0 saturated carbocycles. The minimum Gasteiger partial charge on any atom is -0.491 e. The van der Waals surface area contributed by atoms with Gasteiger partial charge in [-0.2, -0.15) is 0 Å². The maximum absolute atomic E-state index is 12.2. The highest BCUT2D eigenvalue weighted by atomic mass is 32.2. The van der Waals surface area contributed by atoms with Gasteiger partial charge < -0.3 is 4.74 Å². The van der Waals surface area contributed by atoms with Gasteiger partial charge in [0.15, 0.2) is 5.78 Å². The molecule has 6 heteroatoms. The molecular weight excluding hydrogens is 350 g/mol. The van der Waals surface area contributed by atoms with Crippen LogP contribution in [0.1, 0.15) is 36.7 Å². The normalized spacial score (nSPS) is 11.7. The van der Waals surface area contributed by atoms with Crippen LogP contribution in [0.2, 0.25) is 0 Å². The van der Waals surface area contributed by atoms with Gasteiger partial charge in [0.1, 0.15) is 5.75 Å². The summed E-state index contributed by atoms with van der Waals surface area (Å²) in [5.74, 6) is 0.628. The van der Waals surface area contributed by atoms with Crippen LogP contribution >= 0.6 is 0 Å². The Balaban J connectivity index is 2.01. The van der Waals surface area contributed by atoms with Gasteiger partial charge >= 0.3 is 0 Å². The molecule has 0 aromatic heterocycles. The van der Waals surface area contributed by atoms with Crippen molar-refractivity contribution in [3.05, 3.63) is 65.7 Å². The topological polar surface area (TPSA) is 72.5 Å². The molecule has 2 aromatic rings. The van der Waals surface area contributed by atoms with Crippen molar-refractivity contribution in [2.75, 3.05) is 10.5 Å². The fraction of sp³-hybridized carbons (Fsp3) is 0.250. The van der Waals surface area contributed by atoms with Crippen LogP contribution in [0.5, 0.6) is 5.75 Å². The number of rotatable bonds is 8. The van der Waals surface area contributed by atoms with Gasteiger partial charge in [0.2, 0.25) is 10.0 Å². The van der Waals surface area contributed by atoms with E-state index in [1.54, 1.807) is 37.3 Å². The van der Waals surface area contributed by atoms with E-state index in [0.717, 1.165) is 11.3 Å². The molecule has 5 nitrogen and oxygen atoms in total. The average Bonchev–Trinajstić information content (AvgIpc) is 2.61. The summed E-state index contributed by atoms with van der Waals surface area (Å²) in [5.41, 5.74) is 1.82. The van der Waals surface area contributed by atoms with E-state index in [1.807, 2.05) is 38.1 Å². The Morgan fingerprint density at radius 1 is 1.08 bits per heavy atom. The highest BCUT2D eigenvalue weighted by Gasteiger charge is 2.07. The molecule has 0 heterocycles. The largest absolute Gasteiger partial charge is 0.491 e. The van der Waals surface area contributed by atoms with Crippen LogP contribution in [0.25, 0.3) is 6.08 Å². The molecule has 0 spiro atoms. The van der Waals surface area contributed by atoms with E-state index in [0.29, 0.717) is 11.3 Å². The van der Waals surface area contributed by atoms with Gasteiger partial charge in [-0.15, -0.1) is 0 Å². The summed E-state index contributed by atoms with van der Waals surface area (Å²) in [4.78, 5) is 12.2. The molecule has 0 unspecified atom stereocenters. The number of carbonyl (C=O) groups is 1. The van der Waals surface area contributed by atoms with Gasteiger partial charge in [-0.3, -0.25) is 9.52 Å². The second-order valence-corrected chi connectivity index (χ2v) is 8.03. The number of ketones is 1. The highest BCUT2D eigenvalue weighted by Crippen LogP contribution is 2.16. The number of nitrogens with one attached hydrogen (secondary N) is 1. The van der Waals surface area contributed by atoms with Gasteiger partial charge in [-0.05, 0) is 68.8 Å². The van der Waals surface area contributed by atoms with Crippen molar-refractivity contribution in [3.8, 4) is 5.75 Å². The molecule has 2 rings (SSSR count). The van der Waals surface area contributed by atoms with Crippen molar-refractivity contribution >= 4 is 27.6 Å². The summed E-state index contributed by atoms with van der Waals surface area (Å²) in [6.07, 6.45) is 3.33. The molecule has 0 radical (unpaired) electrons. The maximum atomic E-state index is 12.2. The van der Waals surface area contributed by atoms with Crippen LogP contribution in [-0.2, 0) is 10.0 Å². The fourth-order valence-corrected chi connectivity index (χ4v) is 2.79. The minimum absolute atomic E-state index is 0.00256. The SMILES string of the molecule is CCS(=O)(=O)Nc1ccc(C(=O)/C=C/c2ccc(OC(C)C)cc2)cc1. The molecule has 138 valence electrons. The van der Waals surface area contributed by atoms with E-state index in [-0.39, 0.29) is 17.6 Å².